The molecule has 0 aromatic heterocycles. The van der Waals surface area contributed by atoms with Gasteiger partial charge in [0.25, 0.3) is 0 Å². The van der Waals surface area contributed by atoms with Crippen LogP contribution in [0.25, 0.3) is 0 Å². The molecule has 0 aliphatic rings. The normalized spacial score (nSPS) is 13.4. The van der Waals surface area contributed by atoms with Crippen molar-refractivity contribution in [2.45, 2.75) is 167 Å². The lowest BCUT2D eigenvalue weighted by molar-refractivity contribution is -0.123. The number of rotatable bonds is 26. The van der Waals surface area contributed by atoms with Gasteiger partial charge in [0.05, 0.1) is 18.8 Å². The Balaban J connectivity index is 3.55. The van der Waals surface area contributed by atoms with Crippen molar-refractivity contribution in [3.63, 3.8) is 0 Å². The summed E-state index contributed by atoms with van der Waals surface area (Å²) in [5, 5.41) is 22.5. The Hall–Kier alpha value is -0.870. The molecule has 0 aliphatic heterocycles. The average molecular weight is 482 g/mol. The maximum absolute atomic E-state index is 12.2. The lowest BCUT2D eigenvalue weighted by atomic mass is 10.0. The van der Waals surface area contributed by atoms with Crippen molar-refractivity contribution in [3.05, 3.63) is 12.2 Å². The van der Waals surface area contributed by atoms with Crippen molar-refractivity contribution in [1.29, 1.82) is 0 Å². The van der Waals surface area contributed by atoms with Gasteiger partial charge in [0.15, 0.2) is 0 Å². The van der Waals surface area contributed by atoms with Crippen LogP contribution < -0.4 is 5.32 Å². The van der Waals surface area contributed by atoms with E-state index in [2.05, 4.69) is 19.2 Å². The quantitative estimate of drug-likeness (QED) is 0.0865. The molecule has 3 N–H and O–H groups in total. The largest absolute Gasteiger partial charge is 0.394 e. The van der Waals surface area contributed by atoms with Gasteiger partial charge in [-0.15, -0.1) is 0 Å². The van der Waals surface area contributed by atoms with E-state index in [-0.39, 0.29) is 12.5 Å². The van der Waals surface area contributed by atoms with Crippen LogP contribution >= 0.6 is 0 Å². The summed E-state index contributed by atoms with van der Waals surface area (Å²) in [4.78, 5) is 12.2. The van der Waals surface area contributed by atoms with Crippen molar-refractivity contribution >= 4 is 5.91 Å². The van der Waals surface area contributed by atoms with E-state index in [0.717, 1.165) is 25.7 Å². The zero-order valence-corrected chi connectivity index (χ0v) is 22.9. The summed E-state index contributed by atoms with van der Waals surface area (Å²) >= 11 is 0. The first-order valence-corrected chi connectivity index (χ1v) is 14.9. The fraction of sp³-hybridized carbons (Fsp3) is 0.900. The predicted molar refractivity (Wildman–Crippen MR) is 147 cm³/mol. The first-order valence-electron chi connectivity index (χ1n) is 14.9. The number of aliphatic hydroxyl groups excluding tert-OH is 2. The van der Waals surface area contributed by atoms with Crippen LogP contribution in [0.5, 0.6) is 0 Å². The summed E-state index contributed by atoms with van der Waals surface area (Å²) in [6.07, 6.45) is 30.1. The Morgan fingerprint density at radius 1 is 0.676 bits per heavy atom. The highest BCUT2D eigenvalue weighted by Gasteiger charge is 2.17. The molecular weight excluding hydrogens is 422 g/mol. The third kappa shape index (κ3) is 22.9. The number of hydrogen-bond donors (Lipinski definition) is 3. The number of allylic oxidation sites excluding steroid dienone is 1. The van der Waals surface area contributed by atoms with E-state index in [9.17, 15) is 15.0 Å². The minimum atomic E-state index is -0.828. The van der Waals surface area contributed by atoms with Gasteiger partial charge in [0, 0.05) is 6.42 Å². The number of nitrogens with one attached hydrogen (secondary N) is 1. The van der Waals surface area contributed by atoms with E-state index in [4.69, 9.17) is 0 Å². The van der Waals surface area contributed by atoms with Gasteiger partial charge < -0.3 is 15.5 Å². The van der Waals surface area contributed by atoms with Crippen LogP contribution in [-0.2, 0) is 4.79 Å². The zero-order chi connectivity index (χ0) is 25.1. The topological polar surface area (TPSA) is 69.6 Å². The Labute approximate surface area is 212 Å². The maximum Gasteiger partial charge on any atom is 0.220 e. The van der Waals surface area contributed by atoms with Crippen LogP contribution in [0.1, 0.15) is 155 Å². The number of carbonyl (C=O) groups excluding carboxylic acids is 1. The molecule has 1 amide bonds. The van der Waals surface area contributed by atoms with Gasteiger partial charge in [-0.3, -0.25) is 4.79 Å². The van der Waals surface area contributed by atoms with E-state index in [0.29, 0.717) is 6.42 Å². The van der Waals surface area contributed by atoms with Crippen LogP contribution in [0.2, 0.25) is 0 Å². The molecule has 0 heterocycles. The molecule has 0 radical (unpaired) electrons. The molecule has 2 unspecified atom stereocenters. The SMILES string of the molecule is CCCCCC/C=C/C(O)C(CO)NC(=O)CCCCCCCCCCCCCCCCCC. The molecule has 202 valence electrons. The lowest BCUT2D eigenvalue weighted by Crippen LogP contribution is -2.45. The number of amides is 1. The third-order valence-electron chi connectivity index (χ3n) is 6.77. The smallest absolute Gasteiger partial charge is 0.220 e. The Morgan fingerprint density at radius 3 is 1.53 bits per heavy atom. The van der Waals surface area contributed by atoms with Gasteiger partial charge in [-0.2, -0.15) is 0 Å². The van der Waals surface area contributed by atoms with Crippen LogP contribution in [0.15, 0.2) is 12.2 Å². The molecule has 34 heavy (non-hydrogen) atoms. The second-order valence-corrected chi connectivity index (χ2v) is 10.2. The Morgan fingerprint density at radius 2 is 1.09 bits per heavy atom. The number of carbonyl (C=O) groups is 1. The third-order valence-corrected chi connectivity index (χ3v) is 6.77. The van der Waals surface area contributed by atoms with Crippen LogP contribution in [-0.4, -0.2) is 34.9 Å². The number of hydrogen-bond acceptors (Lipinski definition) is 3. The van der Waals surface area contributed by atoms with E-state index in [1.165, 1.54) is 109 Å². The van der Waals surface area contributed by atoms with E-state index in [1.54, 1.807) is 6.08 Å². The Kier molecular flexibility index (Phi) is 26.0. The molecule has 0 fully saturated rings. The average Bonchev–Trinajstić information content (AvgIpc) is 2.84. The van der Waals surface area contributed by atoms with Crippen molar-refractivity contribution < 1.29 is 15.0 Å². The van der Waals surface area contributed by atoms with E-state index in [1.807, 2.05) is 6.08 Å². The highest BCUT2D eigenvalue weighted by atomic mass is 16.3. The summed E-state index contributed by atoms with van der Waals surface area (Å²) in [5.41, 5.74) is 0. The summed E-state index contributed by atoms with van der Waals surface area (Å²) in [5.74, 6) is -0.0696. The van der Waals surface area contributed by atoms with Crippen molar-refractivity contribution in [2.24, 2.45) is 0 Å². The second kappa shape index (κ2) is 26.7. The van der Waals surface area contributed by atoms with Crippen molar-refractivity contribution in [2.75, 3.05) is 6.61 Å². The summed E-state index contributed by atoms with van der Waals surface area (Å²) in [6, 6.07) is -0.611. The van der Waals surface area contributed by atoms with E-state index < -0.39 is 12.1 Å². The molecular formula is C30H59NO3. The van der Waals surface area contributed by atoms with Gasteiger partial charge in [-0.25, -0.2) is 0 Å². The van der Waals surface area contributed by atoms with Crippen molar-refractivity contribution in [1.82, 2.24) is 5.32 Å². The minimum absolute atomic E-state index is 0.0696. The number of unbranched alkanes of at least 4 members (excludes halogenated alkanes) is 19. The lowest BCUT2D eigenvalue weighted by Gasteiger charge is -2.20. The standard InChI is InChI=1S/C30H59NO3/c1-3-5-7-9-11-12-13-14-15-16-17-18-19-20-22-24-26-30(34)31-28(27-32)29(33)25-23-21-10-8-6-4-2/h23,25,28-29,32-33H,3-22,24,26-27H2,1-2H3,(H,31,34)/b25-23+. The Bertz CT molecular complexity index is 452. The molecule has 0 aromatic rings. The molecule has 0 bridgehead atoms. The van der Waals surface area contributed by atoms with Gasteiger partial charge in [-0.05, 0) is 19.3 Å². The van der Waals surface area contributed by atoms with Gasteiger partial charge in [-0.1, -0.05) is 142 Å². The fourth-order valence-corrected chi connectivity index (χ4v) is 4.41. The molecule has 0 saturated heterocycles. The fourth-order valence-electron chi connectivity index (χ4n) is 4.41. The zero-order valence-electron chi connectivity index (χ0n) is 22.9. The molecule has 0 aromatic carbocycles. The first-order chi connectivity index (χ1) is 16.7. The molecule has 4 heteroatoms. The molecule has 4 nitrogen and oxygen atoms in total. The van der Waals surface area contributed by atoms with Crippen LogP contribution in [0, 0.1) is 0 Å². The van der Waals surface area contributed by atoms with Crippen LogP contribution in [0.4, 0.5) is 0 Å². The maximum atomic E-state index is 12.2. The molecule has 0 rings (SSSR count). The predicted octanol–water partition coefficient (Wildman–Crippen LogP) is 8.00. The highest BCUT2D eigenvalue weighted by Crippen LogP contribution is 2.14. The number of aliphatic hydroxyl groups is 2. The second-order valence-electron chi connectivity index (χ2n) is 10.2. The van der Waals surface area contributed by atoms with Gasteiger partial charge in [0.1, 0.15) is 0 Å². The summed E-state index contributed by atoms with van der Waals surface area (Å²) in [7, 11) is 0. The minimum Gasteiger partial charge on any atom is -0.394 e. The van der Waals surface area contributed by atoms with Crippen LogP contribution in [0.3, 0.4) is 0 Å². The molecule has 2 atom stereocenters. The molecule has 0 saturated carbocycles. The van der Waals surface area contributed by atoms with Crippen molar-refractivity contribution in [3.8, 4) is 0 Å². The van der Waals surface area contributed by atoms with Gasteiger partial charge >= 0.3 is 0 Å². The summed E-state index contributed by atoms with van der Waals surface area (Å²) in [6.45, 7) is 4.22. The first kappa shape index (κ1) is 33.1. The molecule has 0 spiro atoms. The highest BCUT2D eigenvalue weighted by molar-refractivity contribution is 5.76. The molecule has 0 aliphatic carbocycles. The van der Waals surface area contributed by atoms with Gasteiger partial charge in [0.2, 0.25) is 5.91 Å². The summed E-state index contributed by atoms with van der Waals surface area (Å²) < 4.78 is 0. The monoisotopic (exact) mass is 481 g/mol. The van der Waals surface area contributed by atoms with E-state index >= 15 is 0 Å².